The topological polar surface area (TPSA) is 55.8 Å². The van der Waals surface area contributed by atoms with E-state index in [4.69, 9.17) is 0 Å². The van der Waals surface area contributed by atoms with E-state index in [9.17, 15) is 18.4 Å². The fourth-order valence-corrected chi connectivity index (χ4v) is 1.82. The number of alkyl halides is 2. The van der Waals surface area contributed by atoms with Crippen LogP contribution >= 0.6 is 0 Å². The lowest BCUT2D eigenvalue weighted by Crippen LogP contribution is -2.34. The van der Waals surface area contributed by atoms with E-state index >= 15 is 0 Å². The zero-order chi connectivity index (χ0) is 16.0. The first-order chi connectivity index (χ1) is 9.86. The molecule has 1 unspecified atom stereocenters. The highest BCUT2D eigenvalue weighted by atomic mass is 19.3. The van der Waals surface area contributed by atoms with Crippen LogP contribution in [0.1, 0.15) is 17.3 Å². The average molecular weight is 301 g/mol. The van der Waals surface area contributed by atoms with Crippen LogP contribution in [0.5, 0.6) is 5.75 Å². The van der Waals surface area contributed by atoms with Crippen LogP contribution in [0.3, 0.4) is 0 Å². The Labute approximate surface area is 121 Å². The molecular weight excluding hydrogens is 284 g/mol. The minimum Gasteiger partial charge on any atom is -0.469 e. The number of benzene rings is 1. The summed E-state index contributed by atoms with van der Waals surface area (Å²) in [5.41, 5.74) is 0.0114. The molecule has 1 aromatic rings. The Morgan fingerprint density at radius 1 is 1.29 bits per heavy atom. The van der Waals surface area contributed by atoms with Crippen molar-refractivity contribution >= 4 is 11.9 Å². The number of rotatable bonds is 6. The molecule has 21 heavy (non-hydrogen) atoms. The zero-order valence-corrected chi connectivity index (χ0v) is 12.0. The van der Waals surface area contributed by atoms with Gasteiger partial charge in [0.2, 0.25) is 0 Å². The van der Waals surface area contributed by atoms with E-state index < -0.39 is 24.4 Å². The second kappa shape index (κ2) is 7.56. The quantitative estimate of drug-likeness (QED) is 0.756. The maximum Gasteiger partial charge on any atom is 0.387 e. The van der Waals surface area contributed by atoms with Crippen LogP contribution in [0.25, 0.3) is 0 Å². The van der Waals surface area contributed by atoms with Gasteiger partial charge in [0.1, 0.15) is 5.75 Å². The molecule has 1 amide bonds. The standard InChI is InChI=1S/C14H17F2NO4/c1-9(13(19)20-3)8-17(2)12(18)10-6-4-5-7-11(10)21-14(15)16/h4-7,9,14H,8H2,1-3H3. The number of ether oxygens (including phenoxy) is 2. The van der Waals surface area contributed by atoms with Gasteiger partial charge in [-0.05, 0) is 12.1 Å². The number of hydrogen-bond donors (Lipinski definition) is 0. The number of esters is 1. The Kier molecular flexibility index (Phi) is 6.08. The molecule has 0 radical (unpaired) electrons. The summed E-state index contributed by atoms with van der Waals surface area (Å²) in [4.78, 5) is 24.8. The smallest absolute Gasteiger partial charge is 0.387 e. The normalized spacial score (nSPS) is 11.9. The summed E-state index contributed by atoms with van der Waals surface area (Å²) in [6, 6.07) is 5.71. The van der Waals surface area contributed by atoms with E-state index in [1.807, 2.05) is 0 Å². The molecule has 0 spiro atoms. The van der Waals surface area contributed by atoms with Crippen molar-refractivity contribution < 1.29 is 27.8 Å². The Balaban J connectivity index is 2.85. The number of amides is 1. The lowest BCUT2D eigenvalue weighted by Gasteiger charge is -2.21. The summed E-state index contributed by atoms with van der Waals surface area (Å²) in [5, 5.41) is 0. The van der Waals surface area contributed by atoms with Crippen LogP contribution in [0.15, 0.2) is 24.3 Å². The molecule has 0 aromatic heterocycles. The van der Waals surface area contributed by atoms with Crippen LogP contribution < -0.4 is 4.74 Å². The Morgan fingerprint density at radius 3 is 2.48 bits per heavy atom. The van der Waals surface area contributed by atoms with Crippen molar-refractivity contribution in [1.29, 1.82) is 0 Å². The van der Waals surface area contributed by atoms with E-state index in [1.54, 1.807) is 13.0 Å². The highest BCUT2D eigenvalue weighted by Crippen LogP contribution is 2.22. The first kappa shape index (κ1) is 16.9. The van der Waals surface area contributed by atoms with Gasteiger partial charge in [-0.1, -0.05) is 19.1 Å². The monoisotopic (exact) mass is 301 g/mol. The predicted octanol–water partition coefficient (Wildman–Crippen LogP) is 2.17. The van der Waals surface area contributed by atoms with E-state index in [0.29, 0.717) is 0 Å². The number of carbonyl (C=O) groups excluding carboxylic acids is 2. The molecule has 0 fully saturated rings. The van der Waals surface area contributed by atoms with Crippen LogP contribution in [0.2, 0.25) is 0 Å². The fourth-order valence-electron chi connectivity index (χ4n) is 1.82. The molecule has 7 heteroatoms. The molecule has 0 aliphatic heterocycles. The van der Waals surface area contributed by atoms with Gasteiger partial charge in [0.15, 0.2) is 0 Å². The van der Waals surface area contributed by atoms with Gasteiger partial charge in [-0.15, -0.1) is 0 Å². The predicted molar refractivity (Wildman–Crippen MR) is 71.2 cm³/mol. The van der Waals surface area contributed by atoms with E-state index in [1.165, 1.54) is 37.3 Å². The number of carbonyl (C=O) groups is 2. The van der Waals surface area contributed by atoms with Gasteiger partial charge in [-0.3, -0.25) is 9.59 Å². The summed E-state index contributed by atoms with van der Waals surface area (Å²) in [5.74, 6) is -1.68. The molecule has 0 saturated carbocycles. The maximum atomic E-state index is 12.3. The van der Waals surface area contributed by atoms with Gasteiger partial charge in [0.25, 0.3) is 5.91 Å². The number of para-hydroxylation sites is 1. The summed E-state index contributed by atoms with van der Waals surface area (Å²) in [6.07, 6.45) is 0. The molecule has 5 nitrogen and oxygen atoms in total. The summed E-state index contributed by atoms with van der Waals surface area (Å²) < 4.78 is 33.5. The van der Waals surface area contributed by atoms with Gasteiger partial charge < -0.3 is 14.4 Å². The molecule has 1 rings (SSSR count). The minimum atomic E-state index is -3.02. The zero-order valence-electron chi connectivity index (χ0n) is 12.0. The second-order valence-corrected chi connectivity index (χ2v) is 4.48. The van der Waals surface area contributed by atoms with Crippen LogP contribution in [0.4, 0.5) is 8.78 Å². The average Bonchev–Trinajstić information content (AvgIpc) is 2.45. The van der Waals surface area contributed by atoms with Crippen LogP contribution in [-0.2, 0) is 9.53 Å². The third kappa shape index (κ3) is 4.70. The van der Waals surface area contributed by atoms with E-state index in [-0.39, 0.29) is 17.9 Å². The van der Waals surface area contributed by atoms with E-state index in [0.717, 1.165) is 0 Å². The van der Waals surface area contributed by atoms with Crippen molar-refractivity contribution in [2.24, 2.45) is 5.92 Å². The largest absolute Gasteiger partial charge is 0.469 e. The highest BCUT2D eigenvalue weighted by Gasteiger charge is 2.22. The molecule has 0 bridgehead atoms. The van der Waals surface area contributed by atoms with E-state index in [2.05, 4.69) is 9.47 Å². The van der Waals surface area contributed by atoms with Gasteiger partial charge in [0.05, 0.1) is 18.6 Å². The third-order valence-corrected chi connectivity index (χ3v) is 2.83. The fraction of sp³-hybridized carbons (Fsp3) is 0.429. The lowest BCUT2D eigenvalue weighted by atomic mass is 10.1. The van der Waals surface area contributed by atoms with Crippen molar-refractivity contribution in [3.63, 3.8) is 0 Å². The molecule has 0 saturated heterocycles. The molecule has 0 N–H and O–H groups in total. The molecule has 116 valence electrons. The minimum absolute atomic E-state index is 0.0114. The van der Waals surface area contributed by atoms with Gasteiger partial charge in [0, 0.05) is 13.6 Å². The SMILES string of the molecule is COC(=O)C(C)CN(C)C(=O)c1ccccc1OC(F)F. The number of hydrogen-bond acceptors (Lipinski definition) is 4. The lowest BCUT2D eigenvalue weighted by molar-refractivity contribution is -0.145. The van der Waals surface area contributed by atoms with Crippen molar-refractivity contribution in [1.82, 2.24) is 4.90 Å². The molecular formula is C14H17F2NO4. The summed E-state index contributed by atoms with van der Waals surface area (Å²) in [6.45, 7) is -1.30. The molecule has 0 aliphatic carbocycles. The summed E-state index contributed by atoms with van der Waals surface area (Å²) >= 11 is 0. The van der Waals surface area contributed by atoms with Crippen molar-refractivity contribution in [3.05, 3.63) is 29.8 Å². The number of halogens is 2. The first-order valence-corrected chi connectivity index (χ1v) is 6.24. The first-order valence-electron chi connectivity index (χ1n) is 6.24. The van der Waals surface area contributed by atoms with Crippen LogP contribution in [0, 0.1) is 5.92 Å². The summed E-state index contributed by atoms with van der Waals surface area (Å²) in [7, 11) is 2.73. The van der Waals surface area contributed by atoms with Gasteiger partial charge >= 0.3 is 12.6 Å². The molecule has 0 aliphatic rings. The van der Waals surface area contributed by atoms with Gasteiger partial charge in [-0.25, -0.2) is 0 Å². The molecule has 1 aromatic carbocycles. The number of methoxy groups -OCH3 is 1. The van der Waals surface area contributed by atoms with Crippen LogP contribution in [-0.4, -0.2) is 44.1 Å². The van der Waals surface area contributed by atoms with Crippen molar-refractivity contribution in [2.75, 3.05) is 20.7 Å². The highest BCUT2D eigenvalue weighted by molar-refractivity contribution is 5.97. The van der Waals surface area contributed by atoms with Crippen molar-refractivity contribution in [3.8, 4) is 5.75 Å². The maximum absolute atomic E-state index is 12.3. The Bertz CT molecular complexity index is 508. The van der Waals surface area contributed by atoms with Crippen molar-refractivity contribution in [2.45, 2.75) is 13.5 Å². The number of nitrogens with zero attached hydrogens (tertiary/aromatic N) is 1. The molecule has 0 heterocycles. The third-order valence-electron chi connectivity index (χ3n) is 2.83. The molecule has 1 atom stereocenters. The second-order valence-electron chi connectivity index (χ2n) is 4.48. The Morgan fingerprint density at radius 2 is 1.90 bits per heavy atom. The van der Waals surface area contributed by atoms with Gasteiger partial charge in [-0.2, -0.15) is 8.78 Å². The Hall–Kier alpha value is -2.18.